The molecule has 7 heteroatoms. The topological polar surface area (TPSA) is 66.5 Å². The first kappa shape index (κ1) is 20.3. The summed E-state index contributed by atoms with van der Waals surface area (Å²) in [7, 11) is -3.25. The van der Waals surface area contributed by atoms with Gasteiger partial charge in [-0.3, -0.25) is 4.79 Å². The number of sulfonamides is 1. The van der Waals surface area contributed by atoms with Crippen molar-refractivity contribution in [3.05, 3.63) is 35.4 Å². The van der Waals surface area contributed by atoms with Gasteiger partial charge in [0.2, 0.25) is 10.0 Å². The monoisotopic (exact) mass is 384 g/mol. The maximum absolute atomic E-state index is 12.3. The molecule has 0 saturated carbocycles. The van der Waals surface area contributed by atoms with Crippen LogP contribution < -0.4 is 5.32 Å². The van der Waals surface area contributed by atoms with Gasteiger partial charge in [-0.2, -0.15) is 11.8 Å². The highest BCUT2D eigenvalue weighted by atomic mass is 32.2. The first-order chi connectivity index (χ1) is 11.7. The molecule has 1 aromatic carbocycles. The minimum absolute atomic E-state index is 0.00286. The van der Waals surface area contributed by atoms with Crippen molar-refractivity contribution in [1.29, 1.82) is 0 Å². The van der Waals surface area contributed by atoms with Gasteiger partial charge in [0.25, 0.3) is 5.91 Å². The van der Waals surface area contributed by atoms with Gasteiger partial charge in [-0.05, 0) is 30.5 Å². The molecule has 0 unspecified atom stereocenters. The zero-order valence-corrected chi connectivity index (χ0v) is 16.9. The highest BCUT2D eigenvalue weighted by Crippen LogP contribution is 2.22. The fraction of sp³-hybridized carbons (Fsp3) is 0.611. The molecule has 25 heavy (non-hydrogen) atoms. The predicted molar refractivity (Wildman–Crippen MR) is 104 cm³/mol. The summed E-state index contributed by atoms with van der Waals surface area (Å²) < 4.78 is 26.4. The van der Waals surface area contributed by atoms with E-state index in [-0.39, 0.29) is 16.4 Å². The highest BCUT2D eigenvalue weighted by molar-refractivity contribution is 8.00. The van der Waals surface area contributed by atoms with E-state index in [0.717, 1.165) is 18.6 Å². The van der Waals surface area contributed by atoms with Crippen molar-refractivity contribution >= 4 is 27.7 Å². The van der Waals surface area contributed by atoms with Crippen molar-refractivity contribution in [2.24, 2.45) is 0 Å². The number of hydrogen-bond donors (Lipinski definition) is 1. The van der Waals surface area contributed by atoms with Crippen LogP contribution in [0.5, 0.6) is 0 Å². The number of hydrogen-bond acceptors (Lipinski definition) is 4. The Bertz CT molecular complexity index is 673. The summed E-state index contributed by atoms with van der Waals surface area (Å²) in [6, 6.07) is 6.85. The highest BCUT2D eigenvalue weighted by Gasteiger charge is 2.25. The van der Waals surface area contributed by atoms with E-state index in [4.69, 9.17) is 0 Å². The van der Waals surface area contributed by atoms with E-state index in [1.165, 1.54) is 0 Å². The molecule has 1 aromatic rings. The van der Waals surface area contributed by atoms with Gasteiger partial charge in [-0.15, -0.1) is 0 Å². The molecule has 0 aromatic heterocycles. The summed E-state index contributed by atoms with van der Waals surface area (Å²) in [4.78, 5) is 12.1. The molecule has 0 aliphatic carbocycles. The summed E-state index contributed by atoms with van der Waals surface area (Å²) in [5.74, 6) is 0.738. The van der Waals surface area contributed by atoms with Crippen molar-refractivity contribution in [2.75, 3.05) is 25.4 Å². The summed E-state index contributed by atoms with van der Waals surface area (Å²) in [5, 5.41) is 2.90. The largest absolute Gasteiger partial charge is 0.351 e. The SMILES string of the molecule is CC(C)(C)SCCNC(=O)c1ccc(CS(=O)(=O)N2CCCC2)cc1. The number of amides is 1. The molecular formula is C18H28N2O3S2. The lowest BCUT2D eigenvalue weighted by Gasteiger charge is -2.17. The molecule has 1 saturated heterocycles. The number of benzene rings is 1. The van der Waals surface area contributed by atoms with Crippen LogP contribution in [-0.2, 0) is 15.8 Å². The number of thioether (sulfide) groups is 1. The Kier molecular flexibility index (Phi) is 6.93. The number of carbonyl (C=O) groups excluding carboxylic acids is 1. The third-order valence-corrected chi connectivity index (χ3v) is 7.07. The third kappa shape index (κ3) is 6.64. The lowest BCUT2D eigenvalue weighted by Crippen LogP contribution is -2.29. The maximum Gasteiger partial charge on any atom is 0.251 e. The van der Waals surface area contributed by atoms with Crippen LogP contribution >= 0.6 is 11.8 Å². The van der Waals surface area contributed by atoms with Gasteiger partial charge in [0, 0.05) is 35.7 Å². The van der Waals surface area contributed by atoms with Crippen molar-refractivity contribution in [2.45, 2.75) is 44.1 Å². The Morgan fingerprint density at radius 3 is 2.32 bits per heavy atom. The van der Waals surface area contributed by atoms with Crippen molar-refractivity contribution in [1.82, 2.24) is 9.62 Å². The molecule has 1 aliphatic heterocycles. The number of carbonyl (C=O) groups is 1. The van der Waals surface area contributed by atoms with E-state index in [9.17, 15) is 13.2 Å². The van der Waals surface area contributed by atoms with E-state index >= 15 is 0 Å². The first-order valence-electron chi connectivity index (χ1n) is 8.66. The Morgan fingerprint density at radius 2 is 1.76 bits per heavy atom. The normalized spacial score (nSPS) is 16.1. The Balaban J connectivity index is 1.85. The smallest absolute Gasteiger partial charge is 0.251 e. The van der Waals surface area contributed by atoms with Crippen LogP contribution in [0.4, 0.5) is 0 Å². The molecule has 1 fully saturated rings. The minimum Gasteiger partial charge on any atom is -0.351 e. The Hall–Kier alpha value is -1.05. The van der Waals surface area contributed by atoms with Gasteiger partial charge >= 0.3 is 0 Å². The maximum atomic E-state index is 12.3. The van der Waals surface area contributed by atoms with Gasteiger partial charge in [0.05, 0.1) is 5.75 Å². The van der Waals surface area contributed by atoms with Gasteiger partial charge in [0.1, 0.15) is 0 Å². The van der Waals surface area contributed by atoms with Crippen LogP contribution in [0.1, 0.15) is 49.5 Å². The molecule has 1 amide bonds. The number of rotatable bonds is 7. The van der Waals surface area contributed by atoms with E-state index in [0.29, 0.717) is 30.8 Å². The van der Waals surface area contributed by atoms with E-state index < -0.39 is 10.0 Å². The molecule has 5 nitrogen and oxygen atoms in total. The summed E-state index contributed by atoms with van der Waals surface area (Å²) >= 11 is 1.81. The third-order valence-electron chi connectivity index (χ3n) is 3.95. The van der Waals surface area contributed by atoms with Gasteiger partial charge in [-0.25, -0.2) is 12.7 Å². The standard InChI is InChI=1S/C18H28N2O3S2/c1-18(2,3)24-13-10-19-17(21)16-8-6-15(7-9-16)14-25(22,23)20-11-4-5-12-20/h6-9H,4-5,10-14H2,1-3H3,(H,19,21). The van der Waals surface area contributed by atoms with E-state index in [1.807, 2.05) is 0 Å². The summed E-state index contributed by atoms with van der Waals surface area (Å²) in [5.41, 5.74) is 1.27. The minimum atomic E-state index is -3.25. The number of nitrogens with one attached hydrogen (secondary N) is 1. The average Bonchev–Trinajstić information content (AvgIpc) is 3.06. The molecule has 1 heterocycles. The molecule has 0 spiro atoms. The first-order valence-corrected chi connectivity index (χ1v) is 11.3. The van der Waals surface area contributed by atoms with Crippen LogP contribution in [-0.4, -0.2) is 48.8 Å². The summed E-state index contributed by atoms with van der Waals surface area (Å²) in [6.45, 7) is 8.30. The molecule has 0 atom stereocenters. The molecule has 0 bridgehead atoms. The fourth-order valence-corrected chi connectivity index (χ4v) is 5.07. The second-order valence-corrected chi connectivity index (χ2v) is 11.2. The van der Waals surface area contributed by atoms with E-state index in [2.05, 4.69) is 26.1 Å². The average molecular weight is 385 g/mol. The lowest BCUT2D eigenvalue weighted by atomic mass is 10.1. The predicted octanol–water partition coefficient (Wildman–Crippen LogP) is 2.87. The van der Waals surface area contributed by atoms with Crippen LogP contribution in [0.15, 0.2) is 24.3 Å². The van der Waals surface area contributed by atoms with Crippen LogP contribution in [0.25, 0.3) is 0 Å². The Labute approximate surface area is 155 Å². The number of nitrogens with zero attached hydrogens (tertiary/aromatic N) is 1. The Morgan fingerprint density at radius 1 is 1.16 bits per heavy atom. The van der Waals surface area contributed by atoms with Crippen molar-refractivity contribution < 1.29 is 13.2 Å². The van der Waals surface area contributed by atoms with Crippen molar-refractivity contribution in [3.63, 3.8) is 0 Å². The van der Waals surface area contributed by atoms with E-state index in [1.54, 1.807) is 40.3 Å². The van der Waals surface area contributed by atoms with Crippen LogP contribution in [0, 0.1) is 0 Å². The van der Waals surface area contributed by atoms with Gasteiger partial charge in [0.15, 0.2) is 0 Å². The molecule has 1 N–H and O–H groups in total. The van der Waals surface area contributed by atoms with Crippen LogP contribution in [0.2, 0.25) is 0 Å². The van der Waals surface area contributed by atoms with Crippen molar-refractivity contribution in [3.8, 4) is 0 Å². The quantitative estimate of drug-likeness (QED) is 0.734. The molecule has 140 valence electrons. The zero-order valence-electron chi connectivity index (χ0n) is 15.2. The van der Waals surface area contributed by atoms with Gasteiger partial charge < -0.3 is 5.32 Å². The second kappa shape index (κ2) is 8.56. The van der Waals surface area contributed by atoms with Gasteiger partial charge in [-0.1, -0.05) is 32.9 Å². The summed E-state index contributed by atoms with van der Waals surface area (Å²) in [6.07, 6.45) is 1.87. The molecule has 2 rings (SSSR count). The zero-order chi connectivity index (χ0) is 18.5. The fourth-order valence-electron chi connectivity index (χ4n) is 2.64. The molecule has 0 radical (unpaired) electrons. The second-order valence-electron chi connectivity index (χ2n) is 7.28. The van der Waals surface area contributed by atoms with Crippen LogP contribution in [0.3, 0.4) is 0 Å². The lowest BCUT2D eigenvalue weighted by molar-refractivity contribution is 0.0956. The molecule has 1 aliphatic rings. The molecular weight excluding hydrogens is 356 g/mol.